The van der Waals surface area contributed by atoms with Crippen molar-refractivity contribution < 1.29 is 23.7 Å². The van der Waals surface area contributed by atoms with Crippen LogP contribution in [-0.2, 0) is 6.61 Å². The van der Waals surface area contributed by atoms with Gasteiger partial charge in [0, 0.05) is 10.6 Å². The molecule has 0 unspecified atom stereocenters. The van der Waals surface area contributed by atoms with E-state index in [0.717, 1.165) is 21.1 Å². The SMILES string of the molecule is CCCOc1ccc(C(=O)N/N=C/c2cc(I)c(OCc3cccc(Cl)c3)c(OCC)c2)cc1OCC. The number of halogens is 2. The van der Waals surface area contributed by atoms with Gasteiger partial charge < -0.3 is 18.9 Å². The fourth-order valence-electron chi connectivity index (χ4n) is 3.33. The Bertz CT molecular complexity index is 1240. The minimum absolute atomic E-state index is 0.353. The molecule has 37 heavy (non-hydrogen) atoms. The molecule has 0 radical (unpaired) electrons. The van der Waals surface area contributed by atoms with Crippen LogP contribution in [0, 0.1) is 3.57 Å². The molecule has 0 saturated carbocycles. The molecule has 0 aliphatic carbocycles. The molecule has 0 spiro atoms. The van der Waals surface area contributed by atoms with Crippen LogP contribution in [0.4, 0.5) is 0 Å². The summed E-state index contributed by atoms with van der Waals surface area (Å²) in [5.74, 6) is 2.00. The van der Waals surface area contributed by atoms with Crippen molar-refractivity contribution in [2.24, 2.45) is 5.10 Å². The molecule has 0 aliphatic heterocycles. The Kier molecular flexibility index (Phi) is 11.3. The average Bonchev–Trinajstić information content (AvgIpc) is 2.88. The second-order valence-corrected chi connectivity index (χ2v) is 9.42. The van der Waals surface area contributed by atoms with Gasteiger partial charge in [-0.05, 0) is 96.5 Å². The number of hydrogen-bond donors (Lipinski definition) is 1. The third kappa shape index (κ3) is 8.53. The fourth-order valence-corrected chi connectivity index (χ4v) is 4.32. The minimum atomic E-state index is -0.361. The van der Waals surface area contributed by atoms with E-state index in [4.69, 9.17) is 30.5 Å². The first-order valence-electron chi connectivity index (χ1n) is 12.0. The van der Waals surface area contributed by atoms with Gasteiger partial charge in [-0.25, -0.2) is 5.43 Å². The molecule has 0 aromatic heterocycles. The molecule has 0 heterocycles. The van der Waals surface area contributed by atoms with Gasteiger partial charge in [0.2, 0.25) is 0 Å². The number of ether oxygens (including phenoxy) is 4. The number of nitrogens with one attached hydrogen (secondary N) is 1. The summed E-state index contributed by atoms with van der Waals surface area (Å²) in [6, 6.07) is 16.3. The Balaban J connectivity index is 1.71. The molecule has 0 bridgehead atoms. The first-order valence-corrected chi connectivity index (χ1v) is 13.5. The zero-order chi connectivity index (χ0) is 26.6. The summed E-state index contributed by atoms with van der Waals surface area (Å²) in [4.78, 5) is 12.7. The number of nitrogens with zero attached hydrogens (tertiary/aromatic N) is 1. The van der Waals surface area contributed by atoms with E-state index in [9.17, 15) is 4.79 Å². The zero-order valence-corrected chi connectivity index (χ0v) is 24.0. The highest BCUT2D eigenvalue weighted by molar-refractivity contribution is 14.1. The van der Waals surface area contributed by atoms with Crippen molar-refractivity contribution >= 4 is 46.3 Å². The molecule has 7 nitrogen and oxygen atoms in total. The van der Waals surface area contributed by atoms with Crippen LogP contribution in [0.1, 0.15) is 48.7 Å². The lowest BCUT2D eigenvalue weighted by atomic mass is 10.2. The fraction of sp³-hybridized carbons (Fsp3) is 0.286. The Labute approximate surface area is 236 Å². The molecule has 0 atom stereocenters. The maximum atomic E-state index is 12.7. The van der Waals surface area contributed by atoms with E-state index in [1.807, 2.05) is 57.2 Å². The number of rotatable bonds is 13. The molecule has 196 valence electrons. The Hall–Kier alpha value is -2.98. The van der Waals surface area contributed by atoms with E-state index in [1.165, 1.54) is 0 Å². The van der Waals surface area contributed by atoms with Crippen LogP contribution in [-0.4, -0.2) is 31.9 Å². The van der Waals surface area contributed by atoms with E-state index < -0.39 is 0 Å². The third-order valence-corrected chi connectivity index (χ3v) is 5.99. The van der Waals surface area contributed by atoms with Gasteiger partial charge in [-0.15, -0.1) is 0 Å². The molecule has 3 aromatic rings. The lowest BCUT2D eigenvalue weighted by molar-refractivity contribution is 0.0954. The summed E-state index contributed by atoms with van der Waals surface area (Å²) in [7, 11) is 0. The van der Waals surface area contributed by atoms with Crippen LogP contribution in [0.15, 0.2) is 59.7 Å². The summed E-state index contributed by atoms with van der Waals surface area (Å²) >= 11 is 8.27. The monoisotopic (exact) mass is 636 g/mol. The molecule has 9 heteroatoms. The van der Waals surface area contributed by atoms with Crippen LogP contribution in [0.2, 0.25) is 5.02 Å². The molecular weight excluding hydrogens is 607 g/mol. The van der Waals surface area contributed by atoms with Crippen molar-refractivity contribution in [2.75, 3.05) is 19.8 Å². The zero-order valence-electron chi connectivity index (χ0n) is 21.1. The van der Waals surface area contributed by atoms with Crippen LogP contribution in [0.3, 0.4) is 0 Å². The Morgan fingerprint density at radius 2 is 1.73 bits per heavy atom. The van der Waals surface area contributed by atoms with Crippen molar-refractivity contribution in [1.82, 2.24) is 5.43 Å². The number of hydrogen-bond acceptors (Lipinski definition) is 6. The van der Waals surface area contributed by atoms with E-state index in [1.54, 1.807) is 24.4 Å². The quantitative estimate of drug-likeness (QED) is 0.126. The van der Waals surface area contributed by atoms with Crippen LogP contribution in [0.25, 0.3) is 0 Å². The van der Waals surface area contributed by atoms with E-state index in [2.05, 4.69) is 33.1 Å². The number of carbonyl (C=O) groups is 1. The van der Waals surface area contributed by atoms with E-state index in [0.29, 0.717) is 60.0 Å². The molecular formula is C28H30ClIN2O5. The second kappa shape index (κ2) is 14.7. The predicted molar refractivity (Wildman–Crippen MR) is 155 cm³/mol. The van der Waals surface area contributed by atoms with Gasteiger partial charge in [0.25, 0.3) is 5.91 Å². The highest BCUT2D eigenvalue weighted by Gasteiger charge is 2.14. The summed E-state index contributed by atoms with van der Waals surface area (Å²) in [6.07, 6.45) is 2.44. The number of hydrazone groups is 1. The van der Waals surface area contributed by atoms with Crippen molar-refractivity contribution in [3.63, 3.8) is 0 Å². The summed E-state index contributed by atoms with van der Waals surface area (Å²) in [6.45, 7) is 7.68. The maximum absolute atomic E-state index is 12.7. The Morgan fingerprint density at radius 1 is 0.946 bits per heavy atom. The predicted octanol–water partition coefficient (Wildman–Crippen LogP) is 6.87. The number of benzene rings is 3. The molecule has 3 aromatic carbocycles. The van der Waals surface area contributed by atoms with Crippen molar-refractivity contribution in [3.8, 4) is 23.0 Å². The molecule has 1 N–H and O–H groups in total. The van der Waals surface area contributed by atoms with Crippen molar-refractivity contribution in [1.29, 1.82) is 0 Å². The third-order valence-electron chi connectivity index (χ3n) is 4.95. The van der Waals surface area contributed by atoms with E-state index >= 15 is 0 Å². The van der Waals surface area contributed by atoms with Crippen molar-refractivity contribution in [3.05, 3.63) is 79.9 Å². The normalized spacial score (nSPS) is 10.8. The van der Waals surface area contributed by atoms with Gasteiger partial charge in [-0.3, -0.25) is 4.79 Å². The average molecular weight is 637 g/mol. The van der Waals surface area contributed by atoms with Crippen LogP contribution < -0.4 is 24.4 Å². The van der Waals surface area contributed by atoms with Gasteiger partial charge >= 0.3 is 0 Å². The van der Waals surface area contributed by atoms with Gasteiger partial charge in [0.1, 0.15) is 6.61 Å². The summed E-state index contributed by atoms with van der Waals surface area (Å²) in [5.41, 5.74) is 4.69. The topological polar surface area (TPSA) is 78.4 Å². The lowest BCUT2D eigenvalue weighted by Gasteiger charge is -2.15. The van der Waals surface area contributed by atoms with Crippen LogP contribution >= 0.6 is 34.2 Å². The largest absolute Gasteiger partial charge is 0.490 e. The highest BCUT2D eigenvalue weighted by atomic mass is 127. The number of carbonyl (C=O) groups excluding carboxylic acids is 1. The first kappa shape index (κ1) is 28.6. The van der Waals surface area contributed by atoms with E-state index in [-0.39, 0.29) is 5.91 Å². The molecule has 1 amide bonds. The first-order chi connectivity index (χ1) is 17.9. The van der Waals surface area contributed by atoms with Crippen LogP contribution in [0.5, 0.6) is 23.0 Å². The molecule has 0 fully saturated rings. The minimum Gasteiger partial charge on any atom is -0.490 e. The smallest absolute Gasteiger partial charge is 0.271 e. The Morgan fingerprint density at radius 3 is 2.46 bits per heavy atom. The molecule has 0 aliphatic rings. The molecule has 0 saturated heterocycles. The van der Waals surface area contributed by atoms with Gasteiger partial charge in [0.05, 0.1) is 29.6 Å². The summed E-state index contributed by atoms with van der Waals surface area (Å²) < 4.78 is 24.0. The van der Waals surface area contributed by atoms with Gasteiger partial charge in [0.15, 0.2) is 23.0 Å². The van der Waals surface area contributed by atoms with Crippen molar-refractivity contribution in [2.45, 2.75) is 33.8 Å². The number of amides is 1. The van der Waals surface area contributed by atoms with Gasteiger partial charge in [-0.1, -0.05) is 30.7 Å². The highest BCUT2D eigenvalue weighted by Crippen LogP contribution is 2.35. The standard InChI is InChI=1S/C28H30ClIN2O5/c1-4-12-36-24-11-10-21(16-25(24)34-5-2)28(33)32-31-17-20-14-23(30)27(26(15-20)35-6-3)37-18-19-8-7-9-22(29)13-19/h7-11,13-17H,4-6,12,18H2,1-3H3,(H,32,33)/b31-17+. The van der Waals surface area contributed by atoms with Gasteiger partial charge in [-0.2, -0.15) is 5.10 Å². The molecule has 3 rings (SSSR count). The second-order valence-electron chi connectivity index (χ2n) is 7.82. The summed E-state index contributed by atoms with van der Waals surface area (Å²) in [5, 5.41) is 4.79. The lowest BCUT2D eigenvalue weighted by Crippen LogP contribution is -2.18. The maximum Gasteiger partial charge on any atom is 0.271 e.